The van der Waals surface area contributed by atoms with E-state index in [0.29, 0.717) is 44.9 Å². The van der Waals surface area contributed by atoms with Crippen molar-refractivity contribution in [1.29, 1.82) is 0 Å². The molecule has 4 aliphatic carbocycles. The number of rotatable bonds is 9. The van der Waals surface area contributed by atoms with Crippen molar-refractivity contribution < 1.29 is 89.4 Å². The van der Waals surface area contributed by atoms with Crippen molar-refractivity contribution in [2.75, 3.05) is 19.8 Å². The highest BCUT2D eigenvalue weighted by Crippen LogP contribution is 2.73. The van der Waals surface area contributed by atoms with Gasteiger partial charge in [0.1, 0.15) is 73.2 Å². The molecule has 18 nitrogen and oxygen atoms in total. The molecule has 11 N–H and O–H groups in total. The van der Waals surface area contributed by atoms with Gasteiger partial charge in [0.25, 0.3) is 0 Å². The maximum atomic E-state index is 14.1. The molecule has 3 heterocycles. The molecule has 3 saturated heterocycles. The van der Waals surface area contributed by atoms with Gasteiger partial charge in [-0.15, -0.1) is 0 Å². The minimum absolute atomic E-state index is 0.121. The lowest BCUT2D eigenvalue weighted by Gasteiger charge is -2.64. The van der Waals surface area contributed by atoms with Crippen molar-refractivity contribution in [2.24, 2.45) is 28.1 Å². The van der Waals surface area contributed by atoms with E-state index in [4.69, 9.17) is 28.4 Å². The lowest BCUT2D eigenvalue weighted by molar-refractivity contribution is -0.378. The van der Waals surface area contributed by atoms with Crippen LogP contribution in [0, 0.1) is 28.1 Å². The Morgan fingerprint density at radius 3 is 1.82 bits per heavy atom. The molecule has 7 rings (SSSR count). The Kier molecular flexibility index (Phi) is 11.9. The molecule has 1 spiro atoms. The molecular formula is C38H60O18. The van der Waals surface area contributed by atoms with E-state index in [9.17, 15) is 61.0 Å². The van der Waals surface area contributed by atoms with Crippen LogP contribution in [0.1, 0.15) is 71.6 Å². The fourth-order valence-electron chi connectivity index (χ4n) is 12.0. The van der Waals surface area contributed by atoms with Crippen LogP contribution >= 0.6 is 0 Å². The Labute approximate surface area is 324 Å². The van der Waals surface area contributed by atoms with Crippen LogP contribution < -0.4 is 0 Å². The molecule has 0 radical (unpaired) electrons. The average Bonchev–Trinajstić information content (AvgIpc) is 3.37. The number of esters is 1. The molecule has 7 aliphatic rings. The van der Waals surface area contributed by atoms with Crippen LogP contribution in [0.2, 0.25) is 0 Å². The van der Waals surface area contributed by atoms with Gasteiger partial charge in [-0.25, -0.2) is 0 Å². The number of carbonyl (C=O) groups excluding carboxylic acids is 1. The minimum Gasteiger partial charge on any atom is -0.432 e. The summed E-state index contributed by atoms with van der Waals surface area (Å²) in [6.45, 7) is 6.52. The summed E-state index contributed by atoms with van der Waals surface area (Å²) in [4.78, 5) is 14.1. The number of aliphatic hydroxyl groups excluding tert-OH is 11. The SMILES string of the molecule is C=C1C[C@@]23CC[C@H]4[C@@](C)(CCC[C@@]4(C)C(=O)O[C@@H]4O[C@H](CO)[C@@H](O)[C@H](O)[C@H]4O)[C@@H]2CC[C@]1(O[C@@H]1O[C@H](CO)[C@@H](O)[C@H](O)[C@H]1O[C@H]1O[C@H](CO)[C@@H](O)[C@H](O)[C@H]1O)C3. The topological polar surface area (TPSA) is 295 Å². The summed E-state index contributed by atoms with van der Waals surface area (Å²) in [5.41, 5.74) is -1.80. The number of hydrogen-bond donors (Lipinski definition) is 11. The predicted octanol–water partition coefficient (Wildman–Crippen LogP) is -2.94. The summed E-state index contributed by atoms with van der Waals surface area (Å²) in [5, 5.41) is 114. The first-order valence-electron chi connectivity index (χ1n) is 19.9. The van der Waals surface area contributed by atoms with Crippen molar-refractivity contribution >= 4 is 5.97 Å². The monoisotopic (exact) mass is 804 g/mol. The lowest BCUT2D eigenvalue weighted by Crippen LogP contribution is -2.65. The third kappa shape index (κ3) is 6.69. The maximum Gasteiger partial charge on any atom is 0.314 e. The Hall–Kier alpha value is -1.43. The van der Waals surface area contributed by atoms with E-state index < -0.39 is 129 Å². The molecule has 21 atom stereocenters. The lowest BCUT2D eigenvalue weighted by atomic mass is 9.41. The van der Waals surface area contributed by atoms with E-state index in [1.165, 1.54) is 0 Å². The Balaban J connectivity index is 1.10. The average molecular weight is 805 g/mol. The third-order valence-corrected chi connectivity index (χ3v) is 15.0. The molecule has 0 amide bonds. The van der Waals surface area contributed by atoms with E-state index in [1.807, 2.05) is 6.92 Å². The fourth-order valence-corrected chi connectivity index (χ4v) is 12.0. The minimum atomic E-state index is -1.81. The second-order valence-corrected chi connectivity index (χ2v) is 18.0. The van der Waals surface area contributed by atoms with E-state index in [-0.39, 0.29) is 22.7 Å². The van der Waals surface area contributed by atoms with Gasteiger partial charge in [-0.3, -0.25) is 4.79 Å². The highest BCUT2D eigenvalue weighted by Gasteiger charge is 2.69. The molecule has 56 heavy (non-hydrogen) atoms. The molecule has 4 saturated carbocycles. The number of carbonyl (C=O) groups is 1. The van der Waals surface area contributed by atoms with Crippen LogP contribution in [0.3, 0.4) is 0 Å². The summed E-state index contributed by atoms with van der Waals surface area (Å²) in [6, 6.07) is 0. The zero-order valence-electron chi connectivity index (χ0n) is 31.8. The maximum absolute atomic E-state index is 14.1. The zero-order valence-corrected chi connectivity index (χ0v) is 31.8. The van der Waals surface area contributed by atoms with Gasteiger partial charge in [0.2, 0.25) is 6.29 Å². The van der Waals surface area contributed by atoms with Crippen LogP contribution in [-0.4, -0.2) is 180 Å². The number of aliphatic hydroxyl groups is 11. The summed E-state index contributed by atoms with van der Waals surface area (Å²) in [5.74, 6) is -0.591. The second-order valence-electron chi connectivity index (χ2n) is 18.0. The van der Waals surface area contributed by atoms with Crippen molar-refractivity contribution in [3.63, 3.8) is 0 Å². The summed E-state index contributed by atoms with van der Waals surface area (Å²) in [6.07, 6.45) is -17.8. The summed E-state index contributed by atoms with van der Waals surface area (Å²) in [7, 11) is 0. The third-order valence-electron chi connectivity index (χ3n) is 15.0. The quantitative estimate of drug-likeness (QED) is 0.0631. The normalized spacial score (nSPS) is 54.6. The number of ether oxygens (including phenoxy) is 6. The number of fused-ring (bicyclic) bond motifs is 3. The van der Waals surface area contributed by atoms with Gasteiger partial charge in [0.05, 0.1) is 30.8 Å². The van der Waals surface area contributed by atoms with Crippen LogP contribution in [0.15, 0.2) is 12.2 Å². The molecule has 0 aromatic carbocycles. The predicted molar refractivity (Wildman–Crippen MR) is 186 cm³/mol. The first kappa shape index (κ1) is 42.7. The van der Waals surface area contributed by atoms with E-state index >= 15 is 0 Å². The van der Waals surface area contributed by atoms with Crippen LogP contribution in [0.5, 0.6) is 0 Å². The van der Waals surface area contributed by atoms with Gasteiger partial charge in [-0.1, -0.05) is 19.9 Å². The second kappa shape index (κ2) is 15.6. The molecule has 0 unspecified atom stereocenters. The molecule has 320 valence electrons. The Bertz CT molecular complexity index is 1450. The molecule has 2 bridgehead atoms. The van der Waals surface area contributed by atoms with Gasteiger partial charge >= 0.3 is 5.97 Å². The van der Waals surface area contributed by atoms with E-state index in [1.54, 1.807) is 0 Å². The van der Waals surface area contributed by atoms with Crippen molar-refractivity contribution in [1.82, 2.24) is 0 Å². The van der Waals surface area contributed by atoms with Crippen molar-refractivity contribution in [2.45, 2.75) is 169 Å². The fraction of sp³-hybridized carbons (Fsp3) is 0.921. The van der Waals surface area contributed by atoms with E-state index in [2.05, 4.69) is 13.5 Å². The van der Waals surface area contributed by atoms with Gasteiger partial charge in [0.15, 0.2) is 12.6 Å². The van der Waals surface area contributed by atoms with E-state index in [0.717, 1.165) is 18.4 Å². The molecule has 3 aliphatic heterocycles. The van der Waals surface area contributed by atoms with Gasteiger partial charge in [-0.05, 0) is 86.5 Å². The summed E-state index contributed by atoms with van der Waals surface area (Å²) < 4.78 is 35.6. The molecule has 0 aromatic heterocycles. The Morgan fingerprint density at radius 2 is 1.21 bits per heavy atom. The highest BCUT2D eigenvalue weighted by atomic mass is 16.8. The Morgan fingerprint density at radius 1 is 0.679 bits per heavy atom. The van der Waals surface area contributed by atoms with Crippen LogP contribution in [-0.2, 0) is 33.2 Å². The largest absolute Gasteiger partial charge is 0.432 e. The highest BCUT2D eigenvalue weighted by molar-refractivity contribution is 5.77. The molecular weight excluding hydrogens is 744 g/mol. The van der Waals surface area contributed by atoms with Gasteiger partial charge in [-0.2, -0.15) is 0 Å². The molecule has 0 aromatic rings. The van der Waals surface area contributed by atoms with Gasteiger partial charge in [0, 0.05) is 0 Å². The number of hydrogen-bond acceptors (Lipinski definition) is 18. The van der Waals surface area contributed by atoms with Crippen LogP contribution in [0.4, 0.5) is 0 Å². The molecule has 7 fully saturated rings. The van der Waals surface area contributed by atoms with Crippen molar-refractivity contribution in [3.05, 3.63) is 12.2 Å². The first-order valence-corrected chi connectivity index (χ1v) is 19.9. The molecule has 18 heteroatoms. The van der Waals surface area contributed by atoms with Crippen molar-refractivity contribution in [3.8, 4) is 0 Å². The smallest absolute Gasteiger partial charge is 0.314 e. The zero-order chi connectivity index (χ0) is 40.7. The summed E-state index contributed by atoms with van der Waals surface area (Å²) >= 11 is 0. The van der Waals surface area contributed by atoms with Crippen LogP contribution in [0.25, 0.3) is 0 Å². The standard InChI is InChI=1S/C38H60O18/c1-16-11-37-9-5-20-35(2,7-4-8-36(20,3)34(50)55-32-29(49)26(46)23(43)18(13-40)52-32)21(37)6-10-38(16,15-37)56-33-30(27(47)24(44)19(14-41)53-33)54-31-28(48)25(45)22(42)17(12-39)51-31/h17-33,39-49H,1,4-15H2,2-3H3/t17-,18-,19-,20+,21+,22-,23-,24-,25+,26+,27+,28-,29-,30-,31-,32+,33+,35-,36-,37-,38+/m1/s1. The first-order chi connectivity index (χ1) is 26.4. The van der Waals surface area contributed by atoms with Gasteiger partial charge < -0.3 is 84.6 Å².